The smallest absolute Gasteiger partial charge is 0.131 e. The molecule has 2 heterocycles. The number of hydrogen-bond acceptors (Lipinski definition) is 3. The van der Waals surface area contributed by atoms with Gasteiger partial charge in [0.15, 0.2) is 0 Å². The third kappa shape index (κ3) is 3.18. The van der Waals surface area contributed by atoms with E-state index in [2.05, 4.69) is 31.2 Å². The van der Waals surface area contributed by atoms with Crippen LogP contribution in [0.15, 0.2) is 41.1 Å². The zero-order valence-corrected chi connectivity index (χ0v) is 10.7. The number of rotatable bonds is 3. The molecule has 0 saturated heterocycles. The van der Waals surface area contributed by atoms with E-state index in [1.54, 1.807) is 18.5 Å². The normalized spacial score (nSPS) is 10.1. The van der Waals surface area contributed by atoms with E-state index in [1.807, 2.05) is 18.2 Å². The van der Waals surface area contributed by atoms with E-state index >= 15 is 0 Å². The summed E-state index contributed by atoms with van der Waals surface area (Å²) in [6, 6.07) is 7.56. The molecule has 0 saturated carbocycles. The average Bonchev–Trinajstić information content (AvgIpc) is 2.28. The number of nitrogens with one attached hydrogen (secondary N) is 1. The number of anilines is 1. The Balaban J connectivity index is 1.99. The molecule has 0 bridgehead atoms. The molecule has 82 valence electrons. The summed E-state index contributed by atoms with van der Waals surface area (Å²) in [5.74, 6) is 0. The van der Waals surface area contributed by atoms with Gasteiger partial charge in [0.25, 0.3) is 0 Å². The van der Waals surface area contributed by atoms with Crippen LogP contribution in [0.3, 0.4) is 0 Å². The molecule has 0 radical (unpaired) electrons. The van der Waals surface area contributed by atoms with Crippen LogP contribution >= 0.6 is 27.5 Å². The van der Waals surface area contributed by atoms with Gasteiger partial charge in [-0.1, -0.05) is 11.6 Å². The lowest BCUT2D eigenvalue weighted by molar-refractivity contribution is 1.04. The molecular formula is C11H9BrClN3. The standard InChI is InChI=1S/C11H9BrClN3/c12-8-1-2-10(15-6-8)7-16-9-3-4-14-11(13)5-9/h1-6H,7H2,(H,14,16). The molecule has 16 heavy (non-hydrogen) atoms. The first-order chi connectivity index (χ1) is 7.74. The van der Waals surface area contributed by atoms with Gasteiger partial charge in [-0.25, -0.2) is 4.98 Å². The Morgan fingerprint density at radius 1 is 1.25 bits per heavy atom. The van der Waals surface area contributed by atoms with Gasteiger partial charge in [-0.15, -0.1) is 0 Å². The van der Waals surface area contributed by atoms with Gasteiger partial charge in [0.1, 0.15) is 5.15 Å². The number of nitrogens with zero attached hydrogens (tertiary/aromatic N) is 2. The SMILES string of the molecule is Clc1cc(NCc2ccc(Br)cn2)ccn1. The van der Waals surface area contributed by atoms with Crippen molar-refractivity contribution < 1.29 is 0 Å². The maximum absolute atomic E-state index is 5.77. The van der Waals surface area contributed by atoms with Gasteiger partial charge in [-0.3, -0.25) is 4.98 Å². The first kappa shape index (κ1) is 11.4. The molecule has 0 aliphatic rings. The molecule has 0 spiro atoms. The monoisotopic (exact) mass is 297 g/mol. The predicted octanol–water partition coefficient (Wildman–Crippen LogP) is 3.50. The van der Waals surface area contributed by atoms with Crippen LogP contribution in [0.25, 0.3) is 0 Å². The summed E-state index contributed by atoms with van der Waals surface area (Å²) in [5, 5.41) is 3.70. The zero-order valence-electron chi connectivity index (χ0n) is 8.32. The number of aromatic nitrogens is 2. The van der Waals surface area contributed by atoms with Crippen molar-refractivity contribution in [3.05, 3.63) is 52.0 Å². The van der Waals surface area contributed by atoms with Crippen molar-refractivity contribution in [2.24, 2.45) is 0 Å². The summed E-state index contributed by atoms with van der Waals surface area (Å²) in [6.45, 7) is 0.660. The number of halogens is 2. The van der Waals surface area contributed by atoms with Crippen LogP contribution in [0.5, 0.6) is 0 Å². The topological polar surface area (TPSA) is 37.8 Å². The van der Waals surface area contributed by atoms with E-state index in [1.165, 1.54) is 0 Å². The highest BCUT2D eigenvalue weighted by molar-refractivity contribution is 9.10. The molecule has 0 atom stereocenters. The average molecular weight is 299 g/mol. The number of hydrogen-bond donors (Lipinski definition) is 1. The second-order valence-corrected chi connectivity index (χ2v) is 4.49. The fourth-order valence-electron chi connectivity index (χ4n) is 1.22. The van der Waals surface area contributed by atoms with E-state index in [4.69, 9.17) is 11.6 Å². The lowest BCUT2D eigenvalue weighted by atomic mass is 10.3. The van der Waals surface area contributed by atoms with E-state index in [9.17, 15) is 0 Å². The maximum Gasteiger partial charge on any atom is 0.131 e. The molecular weight excluding hydrogens is 289 g/mol. The Labute approximate surface area is 107 Å². The van der Waals surface area contributed by atoms with Gasteiger partial charge in [0.2, 0.25) is 0 Å². The van der Waals surface area contributed by atoms with Crippen LogP contribution in [0.2, 0.25) is 5.15 Å². The maximum atomic E-state index is 5.77. The van der Waals surface area contributed by atoms with E-state index in [0.717, 1.165) is 15.9 Å². The number of pyridine rings is 2. The molecule has 0 aliphatic carbocycles. The van der Waals surface area contributed by atoms with Crippen LogP contribution in [-0.4, -0.2) is 9.97 Å². The Kier molecular flexibility index (Phi) is 3.74. The zero-order chi connectivity index (χ0) is 11.4. The summed E-state index contributed by atoms with van der Waals surface area (Å²) in [7, 11) is 0. The molecule has 0 fully saturated rings. The molecule has 1 N–H and O–H groups in total. The first-order valence-corrected chi connectivity index (χ1v) is 5.87. The van der Waals surface area contributed by atoms with Crippen molar-refractivity contribution in [1.82, 2.24) is 9.97 Å². The fraction of sp³-hybridized carbons (Fsp3) is 0.0909. The van der Waals surface area contributed by atoms with Gasteiger partial charge in [-0.05, 0) is 40.2 Å². The highest BCUT2D eigenvalue weighted by Gasteiger charge is 1.96. The van der Waals surface area contributed by atoms with E-state index in [-0.39, 0.29) is 0 Å². The summed E-state index contributed by atoms with van der Waals surface area (Å²) in [4.78, 5) is 8.17. The van der Waals surface area contributed by atoms with Crippen molar-refractivity contribution in [2.45, 2.75) is 6.54 Å². The Bertz CT molecular complexity index is 473. The fourth-order valence-corrected chi connectivity index (χ4v) is 1.62. The minimum absolute atomic E-state index is 0.480. The summed E-state index contributed by atoms with van der Waals surface area (Å²) in [5.41, 5.74) is 1.90. The van der Waals surface area contributed by atoms with Crippen molar-refractivity contribution in [1.29, 1.82) is 0 Å². The summed E-state index contributed by atoms with van der Waals surface area (Å²) < 4.78 is 0.975. The largest absolute Gasteiger partial charge is 0.379 e. The van der Waals surface area contributed by atoms with Crippen molar-refractivity contribution >= 4 is 33.2 Å². The molecule has 0 unspecified atom stereocenters. The van der Waals surface area contributed by atoms with E-state index < -0.39 is 0 Å². The van der Waals surface area contributed by atoms with Gasteiger partial charge in [0.05, 0.1) is 12.2 Å². The predicted molar refractivity (Wildman–Crippen MR) is 68.5 cm³/mol. The van der Waals surface area contributed by atoms with Crippen LogP contribution in [-0.2, 0) is 6.54 Å². The molecule has 3 nitrogen and oxygen atoms in total. The third-order valence-electron chi connectivity index (χ3n) is 1.99. The lowest BCUT2D eigenvalue weighted by Gasteiger charge is -2.05. The molecule has 2 rings (SSSR count). The second kappa shape index (κ2) is 5.27. The molecule has 2 aromatic rings. The van der Waals surface area contributed by atoms with Crippen molar-refractivity contribution in [3.8, 4) is 0 Å². The van der Waals surface area contributed by atoms with E-state index in [0.29, 0.717) is 11.7 Å². The van der Waals surface area contributed by atoms with Crippen LogP contribution in [0.1, 0.15) is 5.69 Å². The van der Waals surface area contributed by atoms with Crippen LogP contribution < -0.4 is 5.32 Å². The summed E-state index contributed by atoms with van der Waals surface area (Å²) in [6.07, 6.45) is 3.44. The molecule has 0 aliphatic heterocycles. The van der Waals surface area contributed by atoms with Gasteiger partial charge >= 0.3 is 0 Å². The molecule has 0 aromatic carbocycles. The minimum atomic E-state index is 0.480. The third-order valence-corrected chi connectivity index (χ3v) is 2.66. The van der Waals surface area contributed by atoms with Crippen LogP contribution in [0.4, 0.5) is 5.69 Å². The molecule has 0 amide bonds. The van der Waals surface area contributed by atoms with Crippen molar-refractivity contribution in [2.75, 3.05) is 5.32 Å². The van der Waals surface area contributed by atoms with Crippen molar-refractivity contribution in [3.63, 3.8) is 0 Å². The quantitative estimate of drug-likeness (QED) is 0.881. The molecule has 2 aromatic heterocycles. The highest BCUT2D eigenvalue weighted by Crippen LogP contribution is 2.13. The summed E-state index contributed by atoms with van der Waals surface area (Å²) >= 11 is 9.12. The van der Waals surface area contributed by atoms with Gasteiger partial charge in [0, 0.05) is 22.6 Å². The Morgan fingerprint density at radius 3 is 2.81 bits per heavy atom. The first-order valence-electron chi connectivity index (χ1n) is 4.70. The lowest BCUT2D eigenvalue weighted by Crippen LogP contribution is -2.01. The minimum Gasteiger partial charge on any atom is -0.379 e. The highest BCUT2D eigenvalue weighted by atomic mass is 79.9. The van der Waals surface area contributed by atoms with Gasteiger partial charge < -0.3 is 5.32 Å². The Morgan fingerprint density at radius 2 is 2.12 bits per heavy atom. The molecule has 5 heteroatoms. The Hall–Kier alpha value is -1.13. The second-order valence-electron chi connectivity index (χ2n) is 3.19. The van der Waals surface area contributed by atoms with Crippen LogP contribution in [0, 0.1) is 0 Å². The van der Waals surface area contributed by atoms with Gasteiger partial charge in [-0.2, -0.15) is 0 Å².